The normalized spacial score (nSPS) is 17.1. The summed E-state index contributed by atoms with van der Waals surface area (Å²) in [6.07, 6.45) is -0.318. The fourth-order valence-electron chi connectivity index (χ4n) is 4.12. The molecule has 2 amide bonds. The number of amides is 2. The summed E-state index contributed by atoms with van der Waals surface area (Å²) in [6, 6.07) is 17.1. The molecule has 3 aromatic rings. The summed E-state index contributed by atoms with van der Waals surface area (Å²) in [6.45, 7) is 0.392. The molecule has 9 nitrogen and oxygen atoms in total. The van der Waals surface area contributed by atoms with Gasteiger partial charge in [0.1, 0.15) is 12.4 Å². The molecule has 0 saturated heterocycles. The van der Waals surface area contributed by atoms with Crippen LogP contribution in [0.1, 0.15) is 31.2 Å². The average Bonchev–Trinajstić information content (AvgIpc) is 2.92. The van der Waals surface area contributed by atoms with E-state index >= 15 is 0 Å². The van der Waals surface area contributed by atoms with Crippen molar-refractivity contribution >= 4 is 34.4 Å². The molecule has 0 radical (unpaired) electrons. The number of hydroxylamine groups is 1. The van der Waals surface area contributed by atoms with Gasteiger partial charge in [-0.25, -0.2) is 10.3 Å². The molecule has 2 atom stereocenters. The summed E-state index contributed by atoms with van der Waals surface area (Å²) in [5, 5.41) is 19.9. The molecule has 2 aromatic carbocycles. The number of anilines is 1. The summed E-state index contributed by atoms with van der Waals surface area (Å²) in [5.41, 5.74) is 4.21. The van der Waals surface area contributed by atoms with Crippen molar-refractivity contribution in [2.75, 3.05) is 5.32 Å². The van der Waals surface area contributed by atoms with Crippen molar-refractivity contribution < 1.29 is 42.6 Å². The van der Waals surface area contributed by atoms with Crippen molar-refractivity contribution in [1.82, 2.24) is 10.5 Å². The number of carboxylic acids is 1. The second-order valence-electron chi connectivity index (χ2n) is 8.58. The van der Waals surface area contributed by atoms with Gasteiger partial charge in [0.05, 0.1) is 11.4 Å². The molecular formula is C26H26F3N3O6. The van der Waals surface area contributed by atoms with E-state index in [9.17, 15) is 22.8 Å². The van der Waals surface area contributed by atoms with Crippen LogP contribution in [0.4, 0.5) is 18.9 Å². The smallest absolute Gasteiger partial charge is 0.488 e. The van der Waals surface area contributed by atoms with Crippen LogP contribution in [-0.4, -0.2) is 39.3 Å². The van der Waals surface area contributed by atoms with E-state index in [-0.39, 0.29) is 5.91 Å². The minimum absolute atomic E-state index is 0.194. The highest BCUT2D eigenvalue weighted by Crippen LogP contribution is 2.31. The van der Waals surface area contributed by atoms with Gasteiger partial charge in [0.25, 0.3) is 0 Å². The highest BCUT2D eigenvalue weighted by atomic mass is 19.4. The number of pyridine rings is 1. The molecule has 0 bridgehead atoms. The molecule has 1 aliphatic rings. The molecule has 4 rings (SSSR count). The number of halogens is 3. The third-order valence-corrected chi connectivity index (χ3v) is 6.01. The number of carbonyl (C=O) groups is 3. The van der Waals surface area contributed by atoms with Crippen molar-refractivity contribution in [3.05, 3.63) is 66.4 Å². The van der Waals surface area contributed by atoms with Crippen molar-refractivity contribution in [2.24, 2.45) is 11.8 Å². The second-order valence-corrected chi connectivity index (χ2v) is 8.58. The summed E-state index contributed by atoms with van der Waals surface area (Å²) < 4.78 is 37.7. The Hall–Kier alpha value is -4.19. The first-order valence-electron chi connectivity index (χ1n) is 11.7. The van der Waals surface area contributed by atoms with E-state index in [0.717, 1.165) is 35.1 Å². The Balaban J connectivity index is 0.000000505. The van der Waals surface area contributed by atoms with Gasteiger partial charge in [0, 0.05) is 23.2 Å². The van der Waals surface area contributed by atoms with Crippen LogP contribution in [0.25, 0.3) is 10.9 Å². The number of fused-ring (bicyclic) bond motifs is 1. The lowest BCUT2D eigenvalue weighted by Gasteiger charge is -2.28. The van der Waals surface area contributed by atoms with Gasteiger partial charge in [0.2, 0.25) is 11.8 Å². The third kappa shape index (κ3) is 7.65. The Morgan fingerprint density at radius 1 is 0.947 bits per heavy atom. The van der Waals surface area contributed by atoms with Crippen molar-refractivity contribution in [3.63, 3.8) is 0 Å². The highest BCUT2D eigenvalue weighted by Gasteiger charge is 2.38. The molecule has 4 N–H and O–H groups in total. The van der Waals surface area contributed by atoms with E-state index in [1.54, 1.807) is 11.7 Å². The van der Waals surface area contributed by atoms with Crippen LogP contribution in [0.3, 0.4) is 0 Å². The molecule has 1 heterocycles. The van der Waals surface area contributed by atoms with Gasteiger partial charge < -0.3 is 15.2 Å². The van der Waals surface area contributed by atoms with Gasteiger partial charge in [-0.2, -0.15) is 13.2 Å². The second kappa shape index (κ2) is 12.9. The number of alkyl halides is 3. The summed E-state index contributed by atoms with van der Waals surface area (Å²) in [5.74, 6) is -3.61. The third-order valence-electron chi connectivity index (χ3n) is 6.01. The van der Waals surface area contributed by atoms with Crippen molar-refractivity contribution in [2.45, 2.75) is 38.5 Å². The Morgan fingerprint density at radius 2 is 1.58 bits per heavy atom. The topological polar surface area (TPSA) is 138 Å². The number of carboxylic acid groups (broad SMARTS) is 1. The first-order chi connectivity index (χ1) is 18.1. The minimum Gasteiger partial charge on any atom is -0.488 e. The van der Waals surface area contributed by atoms with Gasteiger partial charge >= 0.3 is 12.1 Å². The number of hydrogen-bond acceptors (Lipinski definition) is 6. The molecule has 1 aromatic heterocycles. The number of aromatic nitrogens is 1. The van der Waals surface area contributed by atoms with E-state index in [4.69, 9.17) is 19.8 Å². The fraction of sp³-hybridized carbons (Fsp3) is 0.308. The van der Waals surface area contributed by atoms with Gasteiger partial charge in [-0.3, -0.25) is 19.8 Å². The SMILES string of the molecule is O=C(NO)[C@@H]1CCCC[C@H]1C(=O)Nc1ccc(COc2cccc3ncccc23)cc1.O=C(O)C(F)(F)F. The number of aliphatic carboxylic acids is 1. The monoisotopic (exact) mass is 533 g/mol. The van der Waals surface area contributed by atoms with E-state index < -0.39 is 29.9 Å². The average molecular weight is 534 g/mol. The molecule has 0 spiro atoms. The van der Waals surface area contributed by atoms with Crippen molar-refractivity contribution in [3.8, 4) is 5.75 Å². The van der Waals surface area contributed by atoms with E-state index in [1.807, 2.05) is 54.6 Å². The first kappa shape index (κ1) is 28.4. The van der Waals surface area contributed by atoms with Crippen LogP contribution in [-0.2, 0) is 21.0 Å². The molecule has 202 valence electrons. The molecule has 1 fully saturated rings. The van der Waals surface area contributed by atoms with Crippen molar-refractivity contribution in [1.29, 1.82) is 0 Å². The highest BCUT2D eigenvalue weighted by molar-refractivity contribution is 5.96. The first-order valence-corrected chi connectivity index (χ1v) is 11.7. The number of ether oxygens (including phenoxy) is 1. The standard InChI is InChI=1S/C24H25N3O4.C2HF3O2/c28-23(18-5-1-2-6-19(18)24(29)27-30)26-17-12-10-16(11-13-17)15-31-22-9-3-8-21-20(22)7-4-14-25-21;3-2(4,5)1(6)7/h3-4,7-14,18-19,30H,1-2,5-6,15H2,(H,26,28)(H,27,29);(H,6,7)/t18-,19-;/m1./s1. The van der Waals surface area contributed by atoms with Gasteiger partial charge in [-0.05, 0) is 54.8 Å². The van der Waals surface area contributed by atoms with Crippen LogP contribution in [0.5, 0.6) is 5.75 Å². The number of benzene rings is 2. The van der Waals surface area contributed by atoms with Crippen LogP contribution < -0.4 is 15.5 Å². The molecule has 1 aliphatic carbocycles. The predicted molar refractivity (Wildman–Crippen MR) is 130 cm³/mol. The predicted octanol–water partition coefficient (Wildman–Crippen LogP) is 4.70. The maximum atomic E-state index is 12.7. The lowest BCUT2D eigenvalue weighted by molar-refractivity contribution is -0.192. The number of rotatable bonds is 6. The molecule has 0 aliphatic heterocycles. The lowest BCUT2D eigenvalue weighted by atomic mass is 9.78. The van der Waals surface area contributed by atoms with Gasteiger partial charge in [-0.1, -0.05) is 31.0 Å². The zero-order valence-electron chi connectivity index (χ0n) is 20.1. The van der Waals surface area contributed by atoms with Gasteiger partial charge in [0.15, 0.2) is 0 Å². The molecule has 0 unspecified atom stereocenters. The Kier molecular flexibility index (Phi) is 9.61. The Labute approximate surface area is 215 Å². The van der Waals surface area contributed by atoms with E-state index in [0.29, 0.717) is 25.1 Å². The molecular weight excluding hydrogens is 507 g/mol. The minimum atomic E-state index is -5.08. The molecule has 12 heteroatoms. The largest absolute Gasteiger partial charge is 0.490 e. The maximum absolute atomic E-state index is 12.7. The fourth-order valence-corrected chi connectivity index (χ4v) is 4.12. The lowest BCUT2D eigenvalue weighted by Crippen LogP contribution is -2.40. The number of hydrogen-bond donors (Lipinski definition) is 4. The summed E-state index contributed by atoms with van der Waals surface area (Å²) in [4.78, 5) is 37.8. The summed E-state index contributed by atoms with van der Waals surface area (Å²) in [7, 11) is 0. The quantitative estimate of drug-likeness (QED) is 0.266. The van der Waals surface area contributed by atoms with Crippen LogP contribution in [0.2, 0.25) is 0 Å². The molecule has 38 heavy (non-hydrogen) atoms. The van der Waals surface area contributed by atoms with E-state index in [2.05, 4.69) is 10.3 Å². The Morgan fingerprint density at radius 3 is 2.18 bits per heavy atom. The number of carbonyl (C=O) groups excluding carboxylic acids is 2. The Bertz CT molecular complexity index is 1260. The number of nitrogens with zero attached hydrogens (tertiary/aromatic N) is 1. The zero-order valence-corrected chi connectivity index (χ0v) is 20.1. The summed E-state index contributed by atoms with van der Waals surface area (Å²) >= 11 is 0. The van der Waals surface area contributed by atoms with E-state index in [1.165, 1.54) is 0 Å². The zero-order chi connectivity index (χ0) is 27.7. The maximum Gasteiger partial charge on any atom is 0.490 e. The van der Waals surface area contributed by atoms with Crippen LogP contribution in [0.15, 0.2) is 60.8 Å². The van der Waals surface area contributed by atoms with Crippen LogP contribution in [0, 0.1) is 11.8 Å². The number of nitrogens with one attached hydrogen (secondary N) is 2. The van der Waals surface area contributed by atoms with Gasteiger partial charge in [-0.15, -0.1) is 0 Å². The molecule has 1 saturated carbocycles. The van der Waals surface area contributed by atoms with Crippen LogP contribution >= 0.6 is 0 Å².